The van der Waals surface area contributed by atoms with Crippen LogP contribution in [0.25, 0.3) is 0 Å². The molecule has 0 aromatic carbocycles. The normalized spacial score (nSPS) is 12.1. The second-order valence-corrected chi connectivity index (χ2v) is 5.48. The largest absolute Gasteiger partial charge is 0.465 e. The molecule has 0 radical (unpaired) electrons. The van der Waals surface area contributed by atoms with Crippen LogP contribution in [0.4, 0.5) is 0 Å². The molecule has 0 amide bonds. The Hall–Kier alpha value is -1.10. The monoisotopic (exact) mass is 274 g/mol. The van der Waals surface area contributed by atoms with Gasteiger partial charge in [-0.15, -0.1) is 0 Å². The van der Waals surface area contributed by atoms with E-state index in [0.717, 1.165) is 0 Å². The van der Waals surface area contributed by atoms with Crippen molar-refractivity contribution in [1.29, 1.82) is 0 Å². The highest BCUT2D eigenvalue weighted by Crippen LogP contribution is 2.26. The molecule has 5 heteroatoms. The zero-order valence-electron chi connectivity index (χ0n) is 12.9. The number of hydrogen-bond donors (Lipinski definition) is 0. The molecule has 0 unspecified atom stereocenters. The molecule has 19 heavy (non-hydrogen) atoms. The molecule has 0 fully saturated rings. The quantitative estimate of drug-likeness (QED) is 0.526. The van der Waals surface area contributed by atoms with Crippen LogP contribution in [0.2, 0.25) is 0 Å². The van der Waals surface area contributed by atoms with Crippen LogP contribution in [0.5, 0.6) is 0 Å². The van der Waals surface area contributed by atoms with E-state index in [-0.39, 0.29) is 31.8 Å². The number of hydrogen-bond acceptors (Lipinski definition) is 5. The molecule has 0 heterocycles. The minimum Gasteiger partial charge on any atom is -0.465 e. The van der Waals surface area contributed by atoms with Crippen molar-refractivity contribution in [2.45, 2.75) is 53.6 Å². The molecular weight excluding hydrogens is 248 g/mol. The number of esters is 2. The Kier molecular flexibility index (Phi) is 7.05. The Morgan fingerprint density at radius 2 is 1.32 bits per heavy atom. The maximum absolute atomic E-state index is 12.0. The third-order valence-electron chi connectivity index (χ3n) is 2.59. The van der Waals surface area contributed by atoms with E-state index in [4.69, 9.17) is 14.2 Å². The van der Waals surface area contributed by atoms with Gasteiger partial charge in [0.05, 0.1) is 18.8 Å². The second kappa shape index (κ2) is 7.48. The van der Waals surface area contributed by atoms with Crippen LogP contribution >= 0.6 is 0 Å². The van der Waals surface area contributed by atoms with Crippen molar-refractivity contribution in [2.75, 3.05) is 19.8 Å². The van der Waals surface area contributed by atoms with Crippen molar-refractivity contribution in [3.05, 3.63) is 0 Å². The average Bonchev–Trinajstić information content (AvgIpc) is 2.27. The van der Waals surface area contributed by atoms with E-state index in [1.807, 2.05) is 20.8 Å². The maximum atomic E-state index is 12.0. The minimum atomic E-state index is -1.31. The molecule has 0 saturated heterocycles. The van der Waals surface area contributed by atoms with Gasteiger partial charge in [-0.05, 0) is 48.0 Å². The standard InChI is InChI=1S/C14H26O5/c1-7-17-11(15)14(6,12(16)18-8-2)9-10-19-13(3,4)5/h7-10H2,1-6H3. The Bertz CT molecular complexity index is 285. The van der Waals surface area contributed by atoms with Gasteiger partial charge in [0, 0.05) is 6.61 Å². The summed E-state index contributed by atoms with van der Waals surface area (Å²) < 4.78 is 15.5. The summed E-state index contributed by atoms with van der Waals surface area (Å²) in [6.45, 7) is 11.4. The molecule has 112 valence electrons. The topological polar surface area (TPSA) is 61.8 Å². The summed E-state index contributed by atoms with van der Waals surface area (Å²) >= 11 is 0. The molecule has 0 aromatic rings. The van der Waals surface area contributed by atoms with Crippen LogP contribution in [0.3, 0.4) is 0 Å². The summed E-state index contributed by atoms with van der Waals surface area (Å²) in [5.74, 6) is -1.13. The van der Waals surface area contributed by atoms with E-state index in [1.54, 1.807) is 13.8 Å². The van der Waals surface area contributed by atoms with Gasteiger partial charge in [0.1, 0.15) is 0 Å². The third kappa shape index (κ3) is 6.05. The number of carbonyl (C=O) groups excluding carboxylic acids is 2. The van der Waals surface area contributed by atoms with Crippen LogP contribution in [0, 0.1) is 5.41 Å². The van der Waals surface area contributed by atoms with E-state index < -0.39 is 17.4 Å². The fraction of sp³-hybridized carbons (Fsp3) is 0.857. The van der Waals surface area contributed by atoms with Gasteiger partial charge in [-0.3, -0.25) is 9.59 Å². The Balaban J connectivity index is 4.76. The van der Waals surface area contributed by atoms with Crippen molar-refractivity contribution in [3.63, 3.8) is 0 Å². The summed E-state index contributed by atoms with van der Waals surface area (Å²) in [4.78, 5) is 23.9. The molecule has 0 spiro atoms. The minimum absolute atomic E-state index is 0.230. The van der Waals surface area contributed by atoms with Crippen LogP contribution in [0.15, 0.2) is 0 Å². The molecule has 0 aromatic heterocycles. The van der Waals surface area contributed by atoms with Gasteiger partial charge in [0.15, 0.2) is 5.41 Å². The zero-order chi connectivity index (χ0) is 15.1. The summed E-state index contributed by atoms with van der Waals surface area (Å²) in [6, 6.07) is 0. The van der Waals surface area contributed by atoms with Gasteiger partial charge in [-0.2, -0.15) is 0 Å². The van der Waals surface area contributed by atoms with Gasteiger partial charge in [-0.1, -0.05) is 0 Å². The van der Waals surface area contributed by atoms with Gasteiger partial charge >= 0.3 is 11.9 Å². The van der Waals surface area contributed by atoms with E-state index in [0.29, 0.717) is 0 Å². The lowest BCUT2D eigenvalue weighted by Gasteiger charge is -2.27. The van der Waals surface area contributed by atoms with Gasteiger partial charge in [0.2, 0.25) is 0 Å². The van der Waals surface area contributed by atoms with Crippen molar-refractivity contribution in [1.82, 2.24) is 0 Å². The summed E-state index contributed by atoms with van der Waals surface area (Å²) in [7, 11) is 0. The summed E-state index contributed by atoms with van der Waals surface area (Å²) in [6.07, 6.45) is 0.238. The predicted molar refractivity (Wildman–Crippen MR) is 71.7 cm³/mol. The Morgan fingerprint density at radius 3 is 1.63 bits per heavy atom. The molecule has 5 nitrogen and oxygen atoms in total. The molecule has 0 saturated carbocycles. The molecule has 0 aliphatic rings. The second-order valence-electron chi connectivity index (χ2n) is 5.48. The lowest BCUT2D eigenvalue weighted by atomic mass is 9.87. The van der Waals surface area contributed by atoms with E-state index >= 15 is 0 Å². The molecule has 0 atom stereocenters. The van der Waals surface area contributed by atoms with E-state index in [2.05, 4.69) is 0 Å². The number of carbonyl (C=O) groups is 2. The maximum Gasteiger partial charge on any atom is 0.323 e. The lowest BCUT2D eigenvalue weighted by Crippen LogP contribution is -2.41. The zero-order valence-corrected chi connectivity index (χ0v) is 12.9. The van der Waals surface area contributed by atoms with Crippen molar-refractivity contribution < 1.29 is 23.8 Å². The van der Waals surface area contributed by atoms with Gasteiger partial charge in [0.25, 0.3) is 0 Å². The first-order chi connectivity index (χ1) is 8.67. The molecule has 0 bridgehead atoms. The Labute approximate surface area is 115 Å². The smallest absolute Gasteiger partial charge is 0.323 e. The van der Waals surface area contributed by atoms with E-state index in [1.165, 1.54) is 6.92 Å². The number of rotatable bonds is 7. The molecule has 0 aliphatic carbocycles. The summed E-state index contributed by atoms with van der Waals surface area (Å²) in [5, 5.41) is 0. The molecular formula is C14H26O5. The lowest BCUT2D eigenvalue weighted by molar-refractivity contribution is -0.173. The molecule has 0 rings (SSSR count). The van der Waals surface area contributed by atoms with Crippen LogP contribution in [0.1, 0.15) is 48.0 Å². The van der Waals surface area contributed by atoms with Crippen molar-refractivity contribution >= 4 is 11.9 Å². The van der Waals surface area contributed by atoms with Crippen LogP contribution in [-0.2, 0) is 23.8 Å². The van der Waals surface area contributed by atoms with E-state index in [9.17, 15) is 9.59 Å². The first-order valence-corrected chi connectivity index (χ1v) is 6.65. The highest BCUT2D eigenvalue weighted by molar-refractivity contribution is 5.99. The fourth-order valence-electron chi connectivity index (χ4n) is 1.43. The van der Waals surface area contributed by atoms with Gasteiger partial charge < -0.3 is 14.2 Å². The summed E-state index contributed by atoms with van der Waals surface area (Å²) in [5.41, 5.74) is -1.62. The first kappa shape index (κ1) is 17.9. The highest BCUT2D eigenvalue weighted by atomic mass is 16.6. The molecule has 0 N–H and O–H groups in total. The SMILES string of the molecule is CCOC(=O)C(C)(CCOC(C)(C)C)C(=O)OCC. The fourth-order valence-corrected chi connectivity index (χ4v) is 1.43. The highest BCUT2D eigenvalue weighted by Gasteiger charge is 2.44. The van der Waals surface area contributed by atoms with Crippen molar-refractivity contribution in [2.24, 2.45) is 5.41 Å². The molecule has 0 aliphatic heterocycles. The first-order valence-electron chi connectivity index (χ1n) is 6.65. The Morgan fingerprint density at radius 1 is 0.895 bits per heavy atom. The average molecular weight is 274 g/mol. The number of ether oxygens (including phenoxy) is 3. The van der Waals surface area contributed by atoms with Gasteiger partial charge in [-0.25, -0.2) is 0 Å². The predicted octanol–water partition coefficient (Wildman–Crippen LogP) is 2.32. The van der Waals surface area contributed by atoms with Crippen LogP contribution in [-0.4, -0.2) is 37.4 Å². The van der Waals surface area contributed by atoms with Crippen molar-refractivity contribution in [3.8, 4) is 0 Å². The third-order valence-corrected chi connectivity index (χ3v) is 2.59. The van der Waals surface area contributed by atoms with Crippen LogP contribution < -0.4 is 0 Å².